The van der Waals surface area contributed by atoms with E-state index >= 15 is 0 Å². The van der Waals surface area contributed by atoms with Gasteiger partial charge in [-0.1, -0.05) is 46.8 Å². The van der Waals surface area contributed by atoms with Gasteiger partial charge in [0.15, 0.2) is 0 Å². The van der Waals surface area contributed by atoms with Crippen molar-refractivity contribution >= 4 is 17.5 Å². The SMILES string of the molecule is CC.CC(C)(C)c1ccc(NC2CCC(=O)NC2=O)cc1. The summed E-state index contributed by atoms with van der Waals surface area (Å²) in [6, 6.07) is 7.76. The average molecular weight is 290 g/mol. The van der Waals surface area contributed by atoms with Crippen LogP contribution in [0.1, 0.15) is 53.0 Å². The average Bonchev–Trinajstić information content (AvgIpc) is 2.44. The Bertz CT molecular complexity index is 487. The van der Waals surface area contributed by atoms with Crippen LogP contribution in [-0.4, -0.2) is 17.9 Å². The first-order valence-electron chi connectivity index (χ1n) is 7.57. The van der Waals surface area contributed by atoms with Gasteiger partial charge in [0.05, 0.1) is 0 Å². The highest BCUT2D eigenvalue weighted by Crippen LogP contribution is 2.24. The van der Waals surface area contributed by atoms with E-state index < -0.39 is 0 Å². The van der Waals surface area contributed by atoms with Crippen molar-refractivity contribution in [3.8, 4) is 0 Å². The Morgan fingerprint density at radius 2 is 1.67 bits per heavy atom. The fourth-order valence-corrected chi connectivity index (χ4v) is 2.10. The third-order valence-corrected chi connectivity index (χ3v) is 3.33. The van der Waals surface area contributed by atoms with Gasteiger partial charge >= 0.3 is 0 Å². The normalized spacial score (nSPS) is 18.4. The van der Waals surface area contributed by atoms with Crippen molar-refractivity contribution in [2.75, 3.05) is 5.32 Å². The van der Waals surface area contributed by atoms with Crippen molar-refractivity contribution in [2.24, 2.45) is 0 Å². The zero-order chi connectivity index (χ0) is 16.0. The second kappa shape index (κ2) is 7.25. The fourth-order valence-electron chi connectivity index (χ4n) is 2.10. The Morgan fingerprint density at radius 3 is 2.14 bits per heavy atom. The Kier molecular flexibility index (Phi) is 5.94. The zero-order valence-electron chi connectivity index (χ0n) is 13.6. The predicted molar refractivity (Wildman–Crippen MR) is 86.3 cm³/mol. The smallest absolute Gasteiger partial charge is 0.249 e. The maximum Gasteiger partial charge on any atom is 0.249 e. The van der Waals surface area contributed by atoms with Gasteiger partial charge in [-0.25, -0.2) is 0 Å². The first-order valence-corrected chi connectivity index (χ1v) is 7.57. The Labute approximate surface area is 127 Å². The summed E-state index contributed by atoms with van der Waals surface area (Å²) < 4.78 is 0. The maximum absolute atomic E-state index is 11.6. The van der Waals surface area contributed by atoms with Crippen molar-refractivity contribution in [1.82, 2.24) is 5.32 Å². The minimum atomic E-state index is -0.321. The molecule has 21 heavy (non-hydrogen) atoms. The number of carbonyl (C=O) groups is 2. The van der Waals surface area contributed by atoms with Crippen molar-refractivity contribution in [3.63, 3.8) is 0 Å². The molecular formula is C17H26N2O2. The van der Waals surface area contributed by atoms with Crippen molar-refractivity contribution in [3.05, 3.63) is 29.8 Å². The molecule has 0 aromatic heterocycles. The molecule has 1 aromatic rings. The van der Waals surface area contributed by atoms with Gasteiger partial charge in [0, 0.05) is 12.1 Å². The highest BCUT2D eigenvalue weighted by molar-refractivity contribution is 6.01. The van der Waals surface area contributed by atoms with Gasteiger partial charge in [-0.2, -0.15) is 0 Å². The lowest BCUT2D eigenvalue weighted by atomic mass is 9.87. The van der Waals surface area contributed by atoms with Gasteiger partial charge in [0.1, 0.15) is 6.04 Å². The molecule has 1 saturated heterocycles. The van der Waals surface area contributed by atoms with Crippen molar-refractivity contribution in [2.45, 2.75) is 58.9 Å². The number of hydrogen-bond acceptors (Lipinski definition) is 3. The summed E-state index contributed by atoms with van der Waals surface area (Å²) in [6.45, 7) is 10.5. The van der Waals surface area contributed by atoms with Crippen LogP contribution in [-0.2, 0) is 15.0 Å². The molecule has 2 rings (SSSR count). The molecule has 1 aliphatic rings. The van der Waals surface area contributed by atoms with Crippen LogP contribution >= 0.6 is 0 Å². The molecule has 0 bridgehead atoms. The van der Waals surface area contributed by atoms with Gasteiger partial charge in [-0.15, -0.1) is 0 Å². The minimum absolute atomic E-state index is 0.118. The van der Waals surface area contributed by atoms with E-state index in [1.807, 2.05) is 26.0 Å². The number of anilines is 1. The number of nitrogens with one attached hydrogen (secondary N) is 2. The lowest BCUT2D eigenvalue weighted by Gasteiger charge is -2.24. The Morgan fingerprint density at radius 1 is 1.10 bits per heavy atom. The third kappa shape index (κ3) is 4.88. The van der Waals surface area contributed by atoms with E-state index in [9.17, 15) is 9.59 Å². The summed E-state index contributed by atoms with van der Waals surface area (Å²) in [5, 5.41) is 5.51. The predicted octanol–water partition coefficient (Wildman–Crippen LogP) is 3.23. The van der Waals surface area contributed by atoms with E-state index in [1.54, 1.807) is 0 Å². The standard InChI is InChI=1S/C15H20N2O2.C2H6/c1-15(2,3)10-4-6-11(7-5-10)16-12-8-9-13(18)17-14(12)19;1-2/h4-7,12,16H,8-9H2,1-3H3,(H,17,18,19);1-2H3. The molecule has 0 radical (unpaired) electrons. The molecule has 4 heteroatoms. The number of carbonyl (C=O) groups excluding carboxylic acids is 2. The summed E-state index contributed by atoms with van der Waals surface area (Å²) in [4.78, 5) is 22.7. The third-order valence-electron chi connectivity index (χ3n) is 3.33. The second-order valence-corrected chi connectivity index (χ2v) is 5.98. The van der Waals surface area contributed by atoms with Gasteiger partial charge in [0.2, 0.25) is 11.8 Å². The largest absolute Gasteiger partial charge is 0.374 e. The molecular weight excluding hydrogens is 264 g/mol. The summed E-state index contributed by atoms with van der Waals surface area (Å²) in [5.41, 5.74) is 2.27. The van der Waals surface area contributed by atoms with E-state index in [-0.39, 0.29) is 23.3 Å². The molecule has 0 aliphatic carbocycles. The number of amides is 2. The van der Waals surface area contributed by atoms with E-state index in [0.29, 0.717) is 12.8 Å². The molecule has 1 fully saturated rings. The van der Waals surface area contributed by atoms with E-state index in [1.165, 1.54) is 5.56 Å². The van der Waals surface area contributed by atoms with Crippen LogP contribution in [0.15, 0.2) is 24.3 Å². The summed E-state index contributed by atoms with van der Waals surface area (Å²) >= 11 is 0. The van der Waals surface area contributed by atoms with Crippen LogP contribution in [0.5, 0.6) is 0 Å². The van der Waals surface area contributed by atoms with Gasteiger partial charge in [0.25, 0.3) is 0 Å². The quantitative estimate of drug-likeness (QED) is 0.822. The van der Waals surface area contributed by atoms with Crippen LogP contribution in [0.2, 0.25) is 0 Å². The summed E-state index contributed by atoms with van der Waals surface area (Å²) in [7, 11) is 0. The molecule has 116 valence electrons. The van der Waals surface area contributed by atoms with Gasteiger partial charge in [-0.05, 0) is 29.5 Å². The zero-order valence-corrected chi connectivity index (χ0v) is 13.6. The molecule has 0 saturated carbocycles. The minimum Gasteiger partial charge on any atom is -0.374 e. The van der Waals surface area contributed by atoms with Crippen LogP contribution in [0.4, 0.5) is 5.69 Å². The van der Waals surface area contributed by atoms with Crippen LogP contribution in [0.3, 0.4) is 0 Å². The number of imide groups is 1. The van der Waals surface area contributed by atoms with Crippen molar-refractivity contribution in [1.29, 1.82) is 0 Å². The highest BCUT2D eigenvalue weighted by Gasteiger charge is 2.26. The molecule has 1 aromatic carbocycles. The summed E-state index contributed by atoms with van der Waals surface area (Å²) in [5.74, 6) is -0.428. The molecule has 4 nitrogen and oxygen atoms in total. The highest BCUT2D eigenvalue weighted by atomic mass is 16.2. The first-order chi connectivity index (χ1) is 9.86. The molecule has 2 N–H and O–H groups in total. The molecule has 1 atom stereocenters. The first kappa shape index (κ1) is 17.2. The molecule has 2 amide bonds. The number of piperidine rings is 1. The molecule has 1 unspecified atom stereocenters. The van der Waals surface area contributed by atoms with Gasteiger partial charge in [-0.3, -0.25) is 14.9 Å². The molecule has 1 aliphatic heterocycles. The lowest BCUT2D eigenvalue weighted by molar-refractivity contribution is -0.133. The van der Waals surface area contributed by atoms with Crippen molar-refractivity contribution < 1.29 is 9.59 Å². The lowest BCUT2D eigenvalue weighted by Crippen LogP contribution is -2.47. The maximum atomic E-state index is 11.6. The fraction of sp³-hybridized carbons (Fsp3) is 0.529. The summed E-state index contributed by atoms with van der Waals surface area (Å²) in [6.07, 6.45) is 0.940. The topological polar surface area (TPSA) is 58.2 Å². The second-order valence-electron chi connectivity index (χ2n) is 5.98. The van der Waals surface area contributed by atoms with E-state index in [0.717, 1.165) is 5.69 Å². The molecule has 1 heterocycles. The number of rotatable bonds is 2. The Hall–Kier alpha value is -1.84. The Balaban J connectivity index is 0.00000106. The number of hydrogen-bond donors (Lipinski definition) is 2. The van der Waals surface area contributed by atoms with Gasteiger partial charge < -0.3 is 5.32 Å². The van der Waals surface area contributed by atoms with Crippen LogP contribution in [0.25, 0.3) is 0 Å². The van der Waals surface area contributed by atoms with E-state index in [2.05, 4.69) is 43.5 Å². The van der Waals surface area contributed by atoms with Crippen LogP contribution < -0.4 is 10.6 Å². The monoisotopic (exact) mass is 290 g/mol. The number of benzene rings is 1. The molecule has 0 spiro atoms. The van der Waals surface area contributed by atoms with E-state index in [4.69, 9.17) is 0 Å². The van der Waals surface area contributed by atoms with Crippen LogP contribution in [0, 0.1) is 0 Å².